The lowest BCUT2D eigenvalue weighted by Crippen LogP contribution is -2.02. The van der Waals surface area contributed by atoms with E-state index in [4.69, 9.17) is 15.3 Å². The minimum absolute atomic E-state index is 0.474. The molecule has 0 atom stereocenters. The average molecular weight is 471 g/mol. The fraction of sp³-hybridized carbons (Fsp3) is 0.0938. The molecule has 0 heterocycles. The fourth-order valence-corrected chi connectivity index (χ4v) is 3.50. The van der Waals surface area contributed by atoms with Crippen molar-refractivity contribution < 1.29 is 9.53 Å². The summed E-state index contributed by atoms with van der Waals surface area (Å²) in [7, 11) is 0. The Bertz CT molecular complexity index is 1370. The first-order valence-electron chi connectivity index (χ1n) is 11.6. The maximum absolute atomic E-state index is 11.0. The van der Waals surface area contributed by atoms with E-state index in [1.54, 1.807) is 24.3 Å². The second-order valence-electron chi connectivity index (χ2n) is 7.97. The van der Waals surface area contributed by atoms with Crippen molar-refractivity contribution in [1.29, 1.82) is 10.5 Å². The molecule has 4 heteroatoms. The van der Waals surface area contributed by atoms with Crippen molar-refractivity contribution in [3.8, 4) is 40.1 Å². The number of aryl methyl sites for hydroxylation is 1. The lowest BCUT2D eigenvalue weighted by Gasteiger charge is -2.04. The third-order valence-electron chi connectivity index (χ3n) is 5.43. The molecule has 0 amide bonds. The standard InChI is InChI=1S/C16H11NO2.C16H15N/c1-2-16(18)19-15-9-7-14(8-10-15)13-5-3-12(11-17)4-6-13;1-2-3-13-4-8-15(9-5-13)16-10-6-14(12-17)7-11-16/h2-10H,1H2;4-11H,2-3H2,1H3. The molecule has 0 aliphatic heterocycles. The molecule has 4 aromatic carbocycles. The lowest BCUT2D eigenvalue weighted by atomic mass is 10.0. The normalized spacial score (nSPS) is 9.64. The molecule has 0 aliphatic rings. The van der Waals surface area contributed by atoms with Gasteiger partial charge in [0.05, 0.1) is 23.3 Å². The highest BCUT2D eigenvalue weighted by atomic mass is 16.5. The Morgan fingerprint density at radius 2 is 1.11 bits per heavy atom. The SMILES string of the molecule is C=CC(=O)Oc1ccc(-c2ccc(C#N)cc2)cc1.CCCc1ccc(-c2ccc(C#N)cc2)cc1. The second-order valence-corrected chi connectivity index (χ2v) is 7.97. The number of benzene rings is 4. The van der Waals surface area contributed by atoms with Crippen molar-refractivity contribution in [2.75, 3.05) is 0 Å². The first-order valence-corrected chi connectivity index (χ1v) is 11.6. The molecule has 0 radical (unpaired) electrons. The Labute approximate surface area is 212 Å². The number of carbonyl (C=O) groups excluding carboxylic acids is 1. The molecule has 0 saturated carbocycles. The largest absolute Gasteiger partial charge is 0.423 e. The Kier molecular flexibility index (Phi) is 9.34. The van der Waals surface area contributed by atoms with Crippen LogP contribution in [0.1, 0.15) is 30.0 Å². The van der Waals surface area contributed by atoms with Gasteiger partial charge in [0.25, 0.3) is 0 Å². The summed E-state index contributed by atoms with van der Waals surface area (Å²) in [5.41, 5.74) is 7.06. The number of carbonyl (C=O) groups is 1. The van der Waals surface area contributed by atoms with Crippen LogP contribution in [-0.4, -0.2) is 5.97 Å². The second kappa shape index (κ2) is 13.1. The molecule has 4 nitrogen and oxygen atoms in total. The molecular weight excluding hydrogens is 444 g/mol. The summed E-state index contributed by atoms with van der Waals surface area (Å²) in [4.78, 5) is 11.0. The van der Waals surface area contributed by atoms with Crippen LogP contribution in [0.2, 0.25) is 0 Å². The number of ether oxygens (including phenoxy) is 1. The average Bonchev–Trinajstić information content (AvgIpc) is 2.94. The molecule has 0 fully saturated rings. The minimum Gasteiger partial charge on any atom is -0.423 e. The number of esters is 1. The van der Waals surface area contributed by atoms with E-state index in [1.807, 2.05) is 48.5 Å². The van der Waals surface area contributed by atoms with Gasteiger partial charge in [-0.1, -0.05) is 80.6 Å². The van der Waals surface area contributed by atoms with Crippen molar-refractivity contribution in [2.24, 2.45) is 0 Å². The van der Waals surface area contributed by atoms with Crippen LogP contribution in [0.5, 0.6) is 5.75 Å². The summed E-state index contributed by atoms with van der Waals surface area (Å²) in [5.74, 6) is -0.00609. The van der Waals surface area contributed by atoms with Crippen molar-refractivity contribution >= 4 is 5.97 Å². The van der Waals surface area contributed by atoms with E-state index in [0.29, 0.717) is 16.9 Å². The van der Waals surface area contributed by atoms with E-state index in [9.17, 15) is 4.79 Å². The molecule has 4 aromatic rings. The Morgan fingerprint density at radius 1 is 0.722 bits per heavy atom. The van der Waals surface area contributed by atoms with Gasteiger partial charge in [-0.3, -0.25) is 0 Å². The highest BCUT2D eigenvalue weighted by Gasteiger charge is 2.02. The number of hydrogen-bond donors (Lipinski definition) is 0. The number of rotatable bonds is 6. The third-order valence-corrected chi connectivity index (χ3v) is 5.43. The van der Waals surface area contributed by atoms with Crippen molar-refractivity contribution in [2.45, 2.75) is 19.8 Å². The highest BCUT2D eigenvalue weighted by molar-refractivity contribution is 5.83. The van der Waals surface area contributed by atoms with Gasteiger partial charge in [-0.2, -0.15) is 10.5 Å². The monoisotopic (exact) mass is 470 g/mol. The minimum atomic E-state index is -0.480. The zero-order chi connectivity index (χ0) is 25.8. The molecular formula is C32H26N2O2. The molecule has 36 heavy (non-hydrogen) atoms. The zero-order valence-corrected chi connectivity index (χ0v) is 20.1. The first-order chi connectivity index (χ1) is 17.6. The van der Waals surface area contributed by atoms with E-state index >= 15 is 0 Å². The zero-order valence-electron chi connectivity index (χ0n) is 20.1. The number of nitriles is 2. The lowest BCUT2D eigenvalue weighted by molar-refractivity contribution is -0.128. The van der Waals surface area contributed by atoms with Gasteiger partial charge < -0.3 is 4.74 Å². The summed E-state index contributed by atoms with van der Waals surface area (Å²) in [5, 5.41) is 17.5. The van der Waals surface area contributed by atoms with Crippen LogP contribution in [0.15, 0.2) is 110 Å². The van der Waals surface area contributed by atoms with Crippen LogP contribution in [0.3, 0.4) is 0 Å². The van der Waals surface area contributed by atoms with Gasteiger partial charge in [0.2, 0.25) is 0 Å². The van der Waals surface area contributed by atoms with Crippen LogP contribution >= 0.6 is 0 Å². The summed E-state index contributed by atoms with van der Waals surface area (Å²) in [6.45, 7) is 5.53. The maximum Gasteiger partial charge on any atom is 0.335 e. The van der Waals surface area contributed by atoms with Crippen molar-refractivity contribution in [3.63, 3.8) is 0 Å². The Balaban J connectivity index is 0.000000202. The maximum atomic E-state index is 11.0. The molecule has 0 aliphatic carbocycles. The van der Waals surface area contributed by atoms with Gasteiger partial charge in [0.15, 0.2) is 0 Å². The van der Waals surface area contributed by atoms with Crippen LogP contribution in [0.4, 0.5) is 0 Å². The Morgan fingerprint density at radius 3 is 1.47 bits per heavy atom. The van der Waals surface area contributed by atoms with Gasteiger partial charge in [0.1, 0.15) is 5.75 Å². The molecule has 0 unspecified atom stereocenters. The third kappa shape index (κ3) is 7.29. The van der Waals surface area contributed by atoms with Crippen LogP contribution in [0, 0.1) is 22.7 Å². The molecule has 0 spiro atoms. The summed E-state index contributed by atoms with van der Waals surface area (Å²) in [6, 6.07) is 35.0. The predicted octanol–water partition coefficient (Wildman–Crippen LogP) is 7.49. The van der Waals surface area contributed by atoms with Crippen molar-refractivity contribution in [3.05, 3.63) is 126 Å². The number of nitrogens with zero attached hydrogens (tertiary/aromatic N) is 2. The summed E-state index contributed by atoms with van der Waals surface area (Å²) < 4.78 is 4.99. The molecule has 0 saturated heterocycles. The van der Waals surface area contributed by atoms with E-state index < -0.39 is 5.97 Å². The smallest absolute Gasteiger partial charge is 0.335 e. The quantitative estimate of drug-likeness (QED) is 0.166. The molecule has 4 rings (SSSR count). The van der Waals surface area contributed by atoms with Gasteiger partial charge in [-0.15, -0.1) is 0 Å². The van der Waals surface area contributed by atoms with E-state index in [2.05, 4.69) is 49.9 Å². The molecule has 0 bridgehead atoms. The first kappa shape index (κ1) is 25.7. The van der Waals surface area contributed by atoms with E-state index in [1.165, 1.54) is 17.5 Å². The number of hydrogen-bond acceptors (Lipinski definition) is 4. The van der Waals surface area contributed by atoms with Crippen LogP contribution < -0.4 is 4.74 Å². The predicted molar refractivity (Wildman–Crippen MR) is 143 cm³/mol. The van der Waals surface area contributed by atoms with Crippen molar-refractivity contribution in [1.82, 2.24) is 0 Å². The van der Waals surface area contributed by atoms with Crippen LogP contribution in [0.25, 0.3) is 22.3 Å². The van der Waals surface area contributed by atoms with Gasteiger partial charge >= 0.3 is 5.97 Å². The highest BCUT2D eigenvalue weighted by Crippen LogP contribution is 2.23. The molecule has 0 aromatic heterocycles. The van der Waals surface area contributed by atoms with Gasteiger partial charge in [-0.05, 0) is 70.6 Å². The van der Waals surface area contributed by atoms with E-state index in [0.717, 1.165) is 29.2 Å². The Hall–Kier alpha value is -4.93. The summed E-state index contributed by atoms with van der Waals surface area (Å²) in [6.07, 6.45) is 3.43. The summed E-state index contributed by atoms with van der Waals surface area (Å²) >= 11 is 0. The molecule has 0 N–H and O–H groups in total. The fourth-order valence-electron chi connectivity index (χ4n) is 3.50. The van der Waals surface area contributed by atoms with Gasteiger partial charge in [0, 0.05) is 6.08 Å². The van der Waals surface area contributed by atoms with E-state index in [-0.39, 0.29) is 0 Å². The molecule has 176 valence electrons. The van der Waals surface area contributed by atoms with Crippen LogP contribution in [-0.2, 0) is 11.2 Å². The van der Waals surface area contributed by atoms with Gasteiger partial charge in [-0.25, -0.2) is 4.79 Å². The topological polar surface area (TPSA) is 73.9 Å².